The summed E-state index contributed by atoms with van der Waals surface area (Å²) in [6.07, 6.45) is 3.86. The molecule has 0 radical (unpaired) electrons. The number of nitrogen functional groups attached to an aromatic ring is 1. The number of hydrogen-bond donors (Lipinski definition) is 1. The molecule has 2 N–H and O–H groups in total. The maximum absolute atomic E-state index is 12.5. The molecule has 0 aromatic carbocycles. The summed E-state index contributed by atoms with van der Waals surface area (Å²) in [5, 5.41) is 0.294. The van der Waals surface area contributed by atoms with Crippen molar-refractivity contribution in [3.05, 3.63) is 23.0 Å². The second-order valence-corrected chi connectivity index (χ2v) is 5.48. The van der Waals surface area contributed by atoms with Crippen LogP contribution in [0.2, 0.25) is 5.15 Å². The van der Waals surface area contributed by atoms with Gasteiger partial charge in [0.1, 0.15) is 5.15 Å². The first-order chi connectivity index (χ1) is 8.49. The van der Waals surface area contributed by atoms with Gasteiger partial charge in [0.25, 0.3) is 5.91 Å². The molecule has 1 saturated carbocycles. The van der Waals surface area contributed by atoms with Crippen LogP contribution in [0.25, 0.3) is 0 Å². The third-order valence-electron chi connectivity index (χ3n) is 3.17. The average Bonchev–Trinajstić information content (AvgIpc) is 3.12. The fourth-order valence-corrected chi connectivity index (χ4v) is 2.05. The van der Waals surface area contributed by atoms with Gasteiger partial charge in [-0.05, 0) is 38.7 Å². The quantitative estimate of drug-likeness (QED) is 0.853. The van der Waals surface area contributed by atoms with Gasteiger partial charge in [-0.2, -0.15) is 0 Å². The number of amides is 1. The minimum atomic E-state index is -0.0568. The number of nitrogens with zero attached hydrogens (tertiary/aromatic N) is 2. The van der Waals surface area contributed by atoms with E-state index in [4.69, 9.17) is 17.3 Å². The first-order valence-corrected chi connectivity index (χ1v) is 6.59. The molecule has 1 aromatic heterocycles. The summed E-state index contributed by atoms with van der Waals surface area (Å²) >= 11 is 5.83. The summed E-state index contributed by atoms with van der Waals surface area (Å²) in [6.45, 7) is 4.83. The topological polar surface area (TPSA) is 59.2 Å². The van der Waals surface area contributed by atoms with Crippen LogP contribution in [0.15, 0.2) is 12.3 Å². The highest BCUT2D eigenvalue weighted by molar-refractivity contribution is 6.29. The summed E-state index contributed by atoms with van der Waals surface area (Å²) in [7, 11) is 0. The number of hydrogen-bond acceptors (Lipinski definition) is 3. The zero-order valence-corrected chi connectivity index (χ0v) is 11.4. The summed E-state index contributed by atoms with van der Waals surface area (Å²) in [5.74, 6) is 0.591. The Kier molecular flexibility index (Phi) is 3.76. The second kappa shape index (κ2) is 5.14. The largest absolute Gasteiger partial charge is 0.397 e. The summed E-state index contributed by atoms with van der Waals surface area (Å²) in [5.41, 5.74) is 6.63. The molecule has 4 nitrogen and oxygen atoms in total. The van der Waals surface area contributed by atoms with Crippen LogP contribution in [0, 0.1) is 5.92 Å². The van der Waals surface area contributed by atoms with Gasteiger partial charge in [0.15, 0.2) is 0 Å². The van der Waals surface area contributed by atoms with Crippen molar-refractivity contribution < 1.29 is 4.79 Å². The highest BCUT2D eigenvalue weighted by Gasteiger charge is 2.29. The van der Waals surface area contributed by atoms with Gasteiger partial charge in [-0.25, -0.2) is 4.98 Å². The van der Waals surface area contributed by atoms with Crippen LogP contribution in [0.4, 0.5) is 5.69 Å². The molecule has 0 atom stereocenters. The molecule has 0 spiro atoms. The fraction of sp³-hybridized carbons (Fsp3) is 0.538. The minimum Gasteiger partial charge on any atom is -0.397 e. The monoisotopic (exact) mass is 267 g/mol. The molecule has 0 aliphatic heterocycles. The Bertz CT molecular complexity index is 458. The molecular formula is C13H18ClN3O. The number of anilines is 1. The highest BCUT2D eigenvalue weighted by Crippen LogP contribution is 2.31. The normalized spacial score (nSPS) is 14.9. The van der Waals surface area contributed by atoms with E-state index in [1.165, 1.54) is 19.0 Å². The Balaban J connectivity index is 2.23. The van der Waals surface area contributed by atoms with Gasteiger partial charge in [0.05, 0.1) is 17.4 Å². The fourth-order valence-electron chi connectivity index (χ4n) is 1.89. The SMILES string of the molecule is CC(C)N(CC1CC1)C(=O)c1cc(Cl)ncc1N. The second-order valence-electron chi connectivity index (χ2n) is 5.09. The van der Waals surface area contributed by atoms with Crippen molar-refractivity contribution in [1.29, 1.82) is 0 Å². The number of rotatable bonds is 4. The summed E-state index contributed by atoms with van der Waals surface area (Å²) in [4.78, 5) is 18.2. The molecule has 18 heavy (non-hydrogen) atoms. The van der Waals surface area contributed by atoms with E-state index in [9.17, 15) is 4.79 Å². The maximum atomic E-state index is 12.5. The Labute approximate surface area is 112 Å². The number of carbonyl (C=O) groups is 1. The lowest BCUT2D eigenvalue weighted by atomic mass is 10.1. The van der Waals surface area contributed by atoms with Crippen molar-refractivity contribution in [2.24, 2.45) is 5.92 Å². The Morgan fingerprint density at radius 1 is 1.61 bits per heavy atom. The van der Waals surface area contributed by atoms with Crippen LogP contribution < -0.4 is 5.73 Å². The van der Waals surface area contributed by atoms with Gasteiger partial charge in [-0.15, -0.1) is 0 Å². The summed E-state index contributed by atoms with van der Waals surface area (Å²) < 4.78 is 0. The van der Waals surface area contributed by atoms with Gasteiger partial charge in [0, 0.05) is 12.6 Å². The van der Waals surface area contributed by atoms with Crippen LogP contribution in [-0.2, 0) is 0 Å². The van der Waals surface area contributed by atoms with Crippen LogP contribution in [0.5, 0.6) is 0 Å². The van der Waals surface area contributed by atoms with E-state index in [-0.39, 0.29) is 11.9 Å². The van der Waals surface area contributed by atoms with E-state index in [1.54, 1.807) is 6.07 Å². The van der Waals surface area contributed by atoms with Gasteiger partial charge in [0.2, 0.25) is 0 Å². The number of pyridine rings is 1. The highest BCUT2D eigenvalue weighted by atomic mass is 35.5. The lowest BCUT2D eigenvalue weighted by molar-refractivity contribution is 0.0697. The molecule has 1 amide bonds. The van der Waals surface area contributed by atoms with E-state index >= 15 is 0 Å². The predicted octanol–water partition coefficient (Wildman–Crippen LogP) is 2.58. The molecule has 1 aliphatic carbocycles. The van der Waals surface area contributed by atoms with Crippen LogP contribution in [0.3, 0.4) is 0 Å². The molecule has 0 bridgehead atoms. The Morgan fingerprint density at radius 2 is 2.28 bits per heavy atom. The number of carbonyl (C=O) groups excluding carboxylic acids is 1. The third kappa shape index (κ3) is 2.93. The number of aromatic nitrogens is 1. The minimum absolute atomic E-state index is 0.0568. The van der Waals surface area contributed by atoms with E-state index < -0.39 is 0 Å². The van der Waals surface area contributed by atoms with Crippen molar-refractivity contribution in [1.82, 2.24) is 9.88 Å². The molecule has 1 aromatic rings. The zero-order chi connectivity index (χ0) is 13.3. The molecule has 5 heteroatoms. The van der Waals surface area contributed by atoms with Crippen molar-refractivity contribution in [2.75, 3.05) is 12.3 Å². The Hall–Kier alpha value is -1.29. The molecule has 98 valence electrons. The summed E-state index contributed by atoms with van der Waals surface area (Å²) in [6, 6.07) is 1.70. The zero-order valence-electron chi connectivity index (χ0n) is 10.7. The van der Waals surface area contributed by atoms with E-state index in [2.05, 4.69) is 4.98 Å². The molecule has 1 aliphatic rings. The van der Waals surface area contributed by atoms with Gasteiger partial charge in [-0.1, -0.05) is 11.6 Å². The molecule has 0 saturated heterocycles. The third-order valence-corrected chi connectivity index (χ3v) is 3.37. The van der Waals surface area contributed by atoms with Crippen LogP contribution >= 0.6 is 11.6 Å². The van der Waals surface area contributed by atoms with Crippen LogP contribution in [0.1, 0.15) is 37.0 Å². The standard InChI is InChI=1S/C13H18ClN3O/c1-8(2)17(7-9-3-4-9)13(18)10-5-12(14)16-6-11(10)15/h5-6,8-9H,3-4,7,15H2,1-2H3. The van der Waals surface area contributed by atoms with Gasteiger partial charge in [-0.3, -0.25) is 4.79 Å². The smallest absolute Gasteiger partial charge is 0.256 e. The molecular weight excluding hydrogens is 250 g/mol. The number of halogens is 1. The van der Waals surface area contributed by atoms with Crippen LogP contribution in [-0.4, -0.2) is 28.4 Å². The van der Waals surface area contributed by atoms with E-state index in [0.29, 0.717) is 22.3 Å². The average molecular weight is 268 g/mol. The molecule has 2 rings (SSSR count). The first-order valence-electron chi connectivity index (χ1n) is 6.21. The Morgan fingerprint density at radius 3 is 2.83 bits per heavy atom. The van der Waals surface area contributed by atoms with Crippen molar-refractivity contribution in [2.45, 2.75) is 32.7 Å². The molecule has 0 unspecified atom stereocenters. The van der Waals surface area contributed by atoms with Crippen molar-refractivity contribution >= 4 is 23.2 Å². The number of nitrogens with two attached hydrogens (primary N) is 1. The lowest BCUT2D eigenvalue weighted by Crippen LogP contribution is -2.38. The van der Waals surface area contributed by atoms with Gasteiger partial charge >= 0.3 is 0 Å². The predicted molar refractivity (Wildman–Crippen MR) is 72.6 cm³/mol. The van der Waals surface area contributed by atoms with E-state index in [1.807, 2.05) is 18.7 Å². The molecule has 1 fully saturated rings. The lowest BCUT2D eigenvalue weighted by Gasteiger charge is -2.27. The van der Waals surface area contributed by atoms with E-state index in [0.717, 1.165) is 6.54 Å². The van der Waals surface area contributed by atoms with Crippen molar-refractivity contribution in [3.8, 4) is 0 Å². The first kappa shape index (κ1) is 13.1. The van der Waals surface area contributed by atoms with Crippen molar-refractivity contribution in [3.63, 3.8) is 0 Å². The van der Waals surface area contributed by atoms with Gasteiger partial charge < -0.3 is 10.6 Å². The molecule has 1 heterocycles. The maximum Gasteiger partial charge on any atom is 0.256 e.